The molecule has 94 valence electrons. The van der Waals surface area contributed by atoms with Gasteiger partial charge in [0.15, 0.2) is 0 Å². The Hall–Kier alpha value is -0.690. The monoisotopic (exact) mass is 231 g/mol. The summed E-state index contributed by atoms with van der Waals surface area (Å²) in [4.78, 5) is 13.3. The molecule has 1 heterocycles. The molecule has 0 aromatic rings. The normalized spacial score (nSPS) is 28.8. The van der Waals surface area contributed by atoms with Gasteiger partial charge in [-0.3, -0.25) is 15.1 Å². The van der Waals surface area contributed by atoms with Gasteiger partial charge in [0.25, 0.3) is 0 Å². The van der Waals surface area contributed by atoms with E-state index >= 15 is 0 Å². The lowest BCUT2D eigenvalue weighted by Crippen LogP contribution is -2.52. The van der Waals surface area contributed by atoms with Crippen LogP contribution in [0.4, 0.5) is 0 Å². The van der Waals surface area contributed by atoms with Gasteiger partial charge in [0.1, 0.15) is 0 Å². The lowest BCUT2D eigenvalue weighted by molar-refractivity contribution is -0.126. The fourth-order valence-electron chi connectivity index (χ4n) is 2.00. The molecular weight excluding hydrogens is 210 g/mol. The Labute approximate surface area is 95.7 Å². The standard InChI is InChI=1S/C10H21N3O3/c1-7(3-10(15)12-11)13-4-8(2)16-9(5-13)6-14/h7-9,14H,3-6,11H2,1-2H3,(H,12,15). The minimum absolute atomic E-state index is 0.0106. The molecule has 4 N–H and O–H groups in total. The molecule has 1 saturated heterocycles. The van der Waals surface area contributed by atoms with Crippen LogP contribution >= 0.6 is 0 Å². The van der Waals surface area contributed by atoms with E-state index in [1.165, 1.54) is 0 Å². The second kappa shape index (κ2) is 6.15. The Morgan fingerprint density at radius 1 is 1.69 bits per heavy atom. The van der Waals surface area contributed by atoms with E-state index < -0.39 is 0 Å². The zero-order valence-corrected chi connectivity index (χ0v) is 9.85. The predicted molar refractivity (Wildman–Crippen MR) is 59.4 cm³/mol. The van der Waals surface area contributed by atoms with E-state index in [2.05, 4.69) is 10.3 Å². The summed E-state index contributed by atoms with van der Waals surface area (Å²) in [7, 11) is 0. The fraction of sp³-hybridized carbons (Fsp3) is 0.900. The van der Waals surface area contributed by atoms with Gasteiger partial charge in [0.05, 0.1) is 18.8 Å². The van der Waals surface area contributed by atoms with E-state index in [9.17, 15) is 4.79 Å². The average molecular weight is 231 g/mol. The molecule has 6 heteroatoms. The SMILES string of the molecule is CC1CN(C(C)CC(=O)NN)CC(CO)O1. The van der Waals surface area contributed by atoms with Gasteiger partial charge < -0.3 is 9.84 Å². The van der Waals surface area contributed by atoms with Crippen molar-refractivity contribution in [1.82, 2.24) is 10.3 Å². The van der Waals surface area contributed by atoms with Crippen molar-refractivity contribution >= 4 is 5.91 Å². The molecular formula is C10H21N3O3. The molecule has 0 spiro atoms. The van der Waals surface area contributed by atoms with E-state index in [0.29, 0.717) is 13.0 Å². The summed E-state index contributed by atoms with van der Waals surface area (Å²) >= 11 is 0. The van der Waals surface area contributed by atoms with E-state index in [1.807, 2.05) is 13.8 Å². The van der Waals surface area contributed by atoms with Gasteiger partial charge in [-0.1, -0.05) is 0 Å². The van der Waals surface area contributed by atoms with Crippen molar-refractivity contribution in [3.05, 3.63) is 0 Å². The van der Waals surface area contributed by atoms with Crippen molar-refractivity contribution in [2.24, 2.45) is 5.84 Å². The number of ether oxygens (including phenoxy) is 1. The maximum absolute atomic E-state index is 11.2. The number of rotatable bonds is 4. The molecule has 1 aliphatic heterocycles. The third-order valence-electron chi connectivity index (χ3n) is 2.82. The van der Waals surface area contributed by atoms with Crippen LogP contribution in [0.5, 0.6) is 0 Å². The van der Waals surface area contributed by atoms with Crippen LogP contribution in [0.1, 0.15) is 20.3 Å². The molecule has 1 amide bonds. The van der Waals surface area contributed by atoms with E-state index in [-0.39, 0.29) is 30.8 Å². The summed E-state index contributed by atoms with van der Waals surface area (Å²) < 4.78 is 5.53. The zero-order valence-electron chi connectivity index (χ0n) is 9.85. The average Bonchev–Trinajstić information content (AvgIpc) is 2.27. The van der Waals surface area contributed by atoms with Crippen LogP contribution in [-0.4, -0.2) is 53.9 Å². The highest BCUT2D eigenvalue weighted by Crippen LogP contribution is 2.15. The highest BCUT2D eigenvalue weighted by molar-refractivity contribution is 5.75. The third kappa shape index (κ3) is 3.71. The minimum Gasteiger partial charge on any atom is -0.394 e. The number of hydrogen-bond acceptors (Lipinski definition) is 5. The first-order valence-electron chi connectivity index (χ1n) is 5.56. The summed E-state index contributed by atoms with van der Waals surface area (Å²) in [6, 6.07) is 0.101. The summed E-state index contributed by atoms with van der Waals surface area (Å²) in [5.74, 6) is 4.87. The Morgan fingerprint density at radius 2 is 2.38 bits per heavy atom. The van der Waals surface area contributed by atoms with Gasteiger partial charge in [-0.05, 0) is 13.8 Å². The van der Waals surface area contributed by atoms with Crippen LogP contribution < -0.4 is 11.3 Å². The van der Waals surface area contributed by atoms with Crippen molar-refractivity contribution in [2.75, 3.05) is 19.7 Å². The number of aliphatic hydroxyl groups excluding tert-OH is 1. The molecule has 0 aromatic carbocycles. The molecule has 0 aliphatic carbocycles. The van der Waals surface area contributed by atoms with E-state index in [0.717, 1.165) is 6.54 Å². The van der Waals surface area contributed by atoms with Gasteiger partial charge in [0, 0.05) is 25.6 Å². The van der Waals surface area contributed by atoms with Gasteiger partial charge in [-0.2, -0.15) is 0 Å². The molecule has 0 saturated carbocycles. The largest absolute Gasteiger partial charge is 0.394 e. The van der Waals surface area contributed by atoms with Crippen molar-refractivity contribution in [3.63, 3.8) is 0 Å². The number of carbonyl (C=O) groups excluding carboxylic acids is 1. The number of nitrogens with two attached hydrogens (primary N) is 1. The molecule has 1 rings (SSSR count). The van der Waals surface area contributed by atoms with Crippen LogP contribution in [0.3, 0.4) is 0 Å². The Morgan fingerprint density at radius 3 is 2.94 bits per heavy atom. The maximum Gasteiger partial charge on any atom is 0.235 e. The van der Waals surface area contributed by atoms with E-state index in [1.54, 1.807) is 0 Å². The van der Waals surface area contributed by atoms with Crippen LogP contribution in [0.15, 0.2) is 0 Å². The second-order valence-electron chi connectivity index (χ2n) is 4.33. The number of carbonyl (C=O) groups is 1. The van der Waals surface area contributed by atoms with Gasteiger partial charge in [0.2, 0.25) is 5.91 Å². The van der Waals surface area contributed by atoms with Gasteiger partial charge in [-0.25, -0.2) is 5.84 Å². The van der Waals surface area contributed by atoms with E-state index in [4.69, 9.17) is 15.7 Å². The lowest BCUT2D eigenvalue weighted by atomic mass is 10.1. The number of aliphatic hydroxyl groups is 1. The predicted octanol–water partition coefficient (Wildman–Crippen LogP) is -1.16. The number of morpholine rings is 1. The minimum atomic E-state index is -0.174. The number of amides is 1. The molecule has 0 radical (unpaired) electrons. The summed E-state index contributed by atoms with van der Waals surface area (Å²) in [6.45, 7) is 5.37. The van der Waals surface area contributed by atoms with Crippen LogP contribution in [0, 0.1) is 0 Å². The number of nitrogens with zero attached hydrogens (tertiary/aromatic N) is 1. The number of hydrogen-bond donors (Lipinski definition) is 3. The molecule has 6 nitrogen and oxygen atoms in total. The number of nitrogens with one attached hydrogen (secondary N) is 1. The Bertz CT molecular complexity index is 237. The van der Waals surface area contributed by atoms with Crippen LogP contribution in [0.25, 0.3) is 0 Å². The zero-order chi connectivity index (χ0) is 12.1. The molecule has 0 bridgehead atoms. The smallest absolute Gasteiger partial charge is 0.235 e. The highest BCUT2D eigenvalue weighted by Gasteiger charge is 2.28. The summed E-state index contributed by atoms with van der Waals surface area (Å²) in [6.07, 6.45) is 0.280. The first-order valence-corrected chi connectivity index (χ1v) is 5.56. The van der Waals surface area contributed by atoms with Gasteiger partial charge >= 0.3 is 0 Å². The first-order chi connectivity index (χ1) is 7.56. The topological polar surface area (TPSA) is 87.8 Å². The van der Waals surface area contributed by atoms with Crippen molar-refractivity contribution < 1.29 is 14.6 Å². The fourth-order valence-corrected chi connectivity index (χ4v) is 2.00. The van der Waals surface area contributed by atoms with Crippen LogP contribution in [-0.2, 0) is 9.53 Å². The molecule has 0 aromatic heterocycles. The summed E-state index contributed by atoms with van der Waals surface area (Å²) in [5, 5.41) is 9.09. The quantitative estimate of drug-likeness (QED) is 0.322. The van der Waals surface area contributed by atoms with Crippen molar-refractivity contribution in [1.29, 1.82) is 0 Å². The summed E-state index contributed by atoms with van der Waals surface area (Å²) in [5.41, 5.74) is 2.13. The molecule has 3 atom stereocenters. The molecule has 1 fully saturated rings. The number of hydrazine groups is 1. The van der Waals surface area contributed by atoms with Crippen molar-refractivity contribution in [2.45, 2.75) is 38.5 Å². The van der Waals surface area contributed by atoms with Crippen LogP contribution in [0.2, 0.25) is 0 Å². The molecule has 16 heavy (non-hydrogen) atoms. The first kappa shape index (κ1) is 13.4. The molecule has 3 unspecified atom stereocenters. The Balaban J connectivity index is 2.48. The Kier molecular flexibility index (Phi) is 5.14. The van der Waals surface area contributed by atoms with Gasteiger partial charge in [-0.15, -0.1) is 0 Å². The maximum atomic E-state index is 11.2. The lowest BCUT2D eigenvalue weighted by Gasteiger charge is -2.39. The molecule has 1 aliphatic rings. The second-order valence-corrected chi connectivity index (χ2v) is 4.33. The highest BCUT2D eigenvalue weighted by atomic mass is 16.5. The van der Waals surface area contributed by atoms with Crippen molar-refractivity contribution in [3.8, 4) is 0 Å². The third-order valence-corrected chi connectivity index (χ3v) is 2.82.